The van der Waals surface area contributed by atoms with Gasteiger partial charge in [-0.2, -0.15) is 0 Å². The summed E-state index contributed by atoms with van der Waals surface area (Å²) in [5, 5.41) is 2.62. The summed E-state index contributed by atoms with van der Waals surface area (Å²) < 4.78 is 42.0. The van der Waals surface area contributed by atoms with Crippen molar-refractivity contribution in [1.82, 2.24) is 14.5 Å². The van der Waals surface area contributed by atoms with Gasteiger partial charge in [-0.25, -0.2) is 13.8 Å². The van der Waals surface area contributed by atoms with Crippen molar-refractivity contribution >= 4 is 28.4 Å². The number of aromatic nitrogens is 3. The number of halogens is 2. The minimum Gasteiger partial charge on any atom is -0.493 e. The Hall–Kier alpha value is -5.32. The van der Waals surface area contributed by atoms with Gasteiger partial charge >= 0.3 is 0 Å². The Bertz CT molecular complexity index is 1940. The molecule has 0 aliphatic carbocycles. The molecule has 3 aromatic heterocycles. The van der Waals surface area contributed by atoms with E-state index in [0.29, 0.717) is 33.9 Å². The number of nitrogens with one attached hydrogen (secondary N) is 1. The zero-order chi connectivity index (χ0) is 31.7. The SMILES string of the molecule is COc1cc2nccc(Oc3ccc(NC(=O)c4cn(C(C)C)c(C)c(-c5ccc(F)cc5)c4=O)cc3F)c2nc1N(C)C. The molecule has 3 heterocycles. The van der Waals surface area contributed by atoms with Crippen LogP contribution in [-0.4, -0.2) is 41.6 Å². The van der Waals surface area contributed by atoms with Gasteiger partial charge in [0, 0.05) is 67.7 Å². The Kier molecular flexibility index (Phi) is 8.30. The van der Waals surface area contributed by atoms with E-state index in [2.05, 4.69) is 15.3 Å². The summed E-state index contributed by atoms with van der Waals surface area (Å²) >= 11 is 0. The van der Waals surface area contributed by atoms with Gasteiger partial charge < -0.3 is 24.3 Å². The van der Waals surface area contributed by atoms with Gasteiger partial charge in [-0.05, 0) is 50.6 Å². The molecule has 0 spiro atoms. The molecule has 0 aliphatic rings. The Morgan fingerprint density at radius 1 is 1.00 bits per heavy atom. The minimum atomic E-state index is -0.746. The van der Waals surface area contributed by atoms with E-state index in [-0.39, 0.29) is 34.4 Å². The monoisotopic (exact) mass is 599 g/mol. The van der Waals surface area contributed by atoms with Crippen LogP contribution in [0.2, 0.25) is 0 Å². The van der Waals surface area contributed by atoms with Gasteiger partial charge in [0.05, 0.1) is 12.6 Å². The lowest BCUT2D eigenvalue weighted by Crippen LogP contribution is -2.26. The van der Waals surface area contributed by atoms with Gasteiger partial charge in [-0.15, -0.1) is 0 Å². The molecule has 11 heteroatoms. The number of rotatable bonds is 8. The molecular weight excluding hydrogens is 568 g/mol. The molecule has 5 rings (SSSR count). The van der Waals surface area contributed by atoms with Gasteiger partial charge in [0.1, 0.15) is 16.9 Å². The third-order valence-electron chi connectivity index (χ3n) is 7.10. The lowest BCUT2D eigenvalue weighted by Gasteiger charge is -2.20. The number of methoxy groups -OCH3 is 1. The second kappa shape index (κ2) is 12.1. The molecule has 0 radical (unpaired) electrons. The molecule has 0 saturated heterocycles. The van der Waals surface area contributed by atoms with Crippen LogP contribution in [0.25, 0.3) is 22.2 Å². The summed E-state index contributed by atoms with van der Waals surface area (Å²) in [6.07, 6.45) is 3.00. The fraction of sp³-hybridized carbons (Fsp3) is 0.212. The number of benzene rings is 2. The van der Waals surface area contributed by atoms with Crippen LogP contribution in [0.4, 0.5) is 20.3 Å². The number of ether oxygens (including phenoxy) is 2. The molecule has 2 aromatic carbocycles. The Morgan fingerprint density at radius 3 is 2.36 bits per heavy atom. The number of fused-ring (bicyclic) bond motifs is 1. The molecule has 1 N–H and O–H groups in total. The first-order chi connectivity index (χ1) is 21.0. The molecule has 1 amide bonds. The fourth-order valence-corrected chi connectivity index (χ4v) is 4.93. The third kappa shape index (κ3) is 5.81. The molecule has 0 unspecified atom stereocenters. The van der Waals surface area contributed by atoms with Crippen molar-refractivity contribution in [2.75, 3.05) is 31.4 Å². The fourth-order valence-electron chi connectivity index (χ4n) is 4.93. The number of hydrogen-bond acceptors (Lipinski definition) is 7. The molecule has 0 atom stereocenters. The minimum absolute atomic E-state index is 0.0797. The third-order valence-corrected chi connectivity index (χ3v) is 7.10. The number of carbonyl (C=O) groups is 1. The zero-order valence-corrected chi connectivity index (χ0v) is 25.1. The van der Waals surface area contributed by atoms with Gasteiger partial charge in [0.25, 0.3) is 5.91 Å². The molecule has 0 fully saturated rings. The molecule has 9 nitrogen and oxygen atoms in total. The first kappa shape index (κ1) is 30.1. The van der Waals surface area contributed by atoms with Crippen LogP contribution < -0.4 is 25.1 Å². The van der Waals surface area contributed by atoms with Crippen molar-refractivity contribution < 1.29 is 23.0 Å². The average Bonchev–Trinajstić information content (AvgIpc) is 2.98. The maximum Gasteiger partial charge on any atom is 0.261 e. The summed E-state index contributed by atoms with van der Waals surface area (Å²) in [6, 6.07) is 12.7. The van der Waals surface area contributed by atoms with Crippen molar-refractivity contribution in [2.45, 2.75) is 26.8 Å². The Morgan fingerprint density at radius 2 is 1.73 bits per heavy atom. The lowest BCUT2D eigenvalue weighted by molar-refractivity contribution is 0.102. The number of carbonyl (C=O) groups excluding carboxylic acids is 1. The standard InChI is InChI=1S/C33H31F2N5O4/c1-18(2)40-17-23(31(41)29(19(40)3)20-7-9-21(34)10-8-20)33(42)37-22-11-12-26(24(35)15-22)44-27-13-14-36-25-16-28(43-6)32(39(4)5)38-30(25)27/h7-18H,1-6H3,(H,37,42). The second-order valence-corrected chi connectivity index (χ2v) is 10.6. The van der Waals surface area contributed by atoms with E-state index in [4.69, 9.17) is 9.47 Å². The van der Waals surface area contributed by atoms with Crippen LogP contribution in [-0.2, 0) is 0 Å². The van der Waals surface area contributed by atoms with E-state index in [1.807, 2.05) is 27.9 Å². The molecule has 0 saturated carbocycles. The maximum absolute atomic E-state index is 15.3. The van der Waals surface area contributed by atoms with Gasteiger partial charge in [0.2, 0.25) is 5.43 Å². The Labute approximate surface area is 252 Å². The van der Waals surface area contributed by atoms with Crippen molar-refractivity contribution in [3.63, 3.8) is 0 Å². The Balaban J connectivity index is 1.45. The topological polar surface area (TPSA) is 98.6 Å². The van der Waals surface area contributed by atoms with Crippen LogP contribution in [0.15, 0.2) is 71.8 Å². The van der Waals surface area contributed by atoms with E-state index in [1.165, 1.54) is 55.9 Å². The van der Waals surface area contributed by atoms with Gasteiger partial charge in [0.15, 0.2) is 28.9 Å². The average molecular weight is 600 g/mol. The summed E-state index contributed by atoms with van der Waals surface area (Å²) in [5.41, 5.74) is 1.78. The normalized spacial score (nSPS) is 11.1. The van der Waals surface area contributed by atoms with Crippen molar-refractivity contribution in [3.8, 4) is 28.4 Å². The van der Waals surface area contributed by atoms with Gasteiger partial charge in [-0.1, -0.05) is 12.1 Å². The van der Waals surface area contributed by atoms with Crippen LogP contribution in [0.1, 0.15) is 35.9 Å². The van der Waals surface area contributed by atoms with Crippen LogP contribution in [0.3, 0.4) is 0 Å². The van der Waals surface area contributed by atoms with Crippen molar-refractivity contribution in [2.24, 2.45) is 0 Å². The molecular formula is C33H31F2N5O4. The number of amides is 1. The van der Waals surface area contributed by atoms with Gasteiger partial charge in [-0.3, -0.25) is 14.6 Å². The van der Waals surface area contributed by atoms with E-state index >= 15 is 4.39 Å². The number of anilines is 2. The molecule has 0 aliphatic heterocycles. The van der Waals surface area contributed by atoms with Crippen LogP contribution in [0, 0.1) is 18.6 Å². The summed E-state index contributed by atoms with van der Waals surface area (Å²) in [5.74, 6) is -0.649. The highest BCUT2D eigenvalue weighted by molar-refractivity contribution is 6.04. The highest BCUT2D eigenvalue weighted by Gasteiger charge is 2.21. The second-order valence-electron chi connectivity index (χ2n) is 10.6. The van der Waals surface area contributed by atoms with E-state index < -0.39 is 23.0 Å². The van der Waals surface area contributed by atoms with Crippen molar-refractivity contribution in [1.29, 1.82) is 0 Å². The van der Waals surface area contributed by atoms with E-state index in [1.54, 1.807) is 28.5 Å². The largest absolute Gasteiger partial charge is 0.493 e. The smallest absolute Gasteiger partial charge is 0.261 e. The predicted octanol–water partition coefficient (Wildman–Crippen LogP) is 6.75. The lowest BCUT2D eigenvalue weighted by atomic mass is 10.00. The number of hydrogen-bond donors (Lipinski definition) is 1. The summed E-state index contributed by atoms with van der Waals surface area (Å²) in [6.45, 7) is 5.61. The summed E-state index contributed by atoms with van der Waals surface area (Å²) in [4.78, 5) is 37.6. The van der Waals surface area contributed by atoms with Crippen molar-refractivity contribution in [3.05, 3.63) is 100 Å². The summed E-state index contributed by atoms with van der Waals surface area (Å²) in [7, 11) is 5.17. The maximum atomic E-state index is 15.3. The molecule has 0 bridgehead atoms. The first-order valence-corrected chi connectivity index (χ1v) is 13.8. The highest BCUT2D eigenvalue weighted by Crippen LogP contribution is 2.35. The number of nitrogens with zero attached hydrogens (tertiary/aromatic N) is 4. The number of pyridine rings is 3. The zero-order valence-electron chi connectivity index (χ0n) is 25.1. The van der Waals surface area contributed by atoms with E-state index in [0.717, 1.165) is 6.07 Å². The van der Waals surface area contributed by atoms with Crippen LogP contribution in [0.5, 0.6) is 17.2 Å². The molecule has 5 aromatic rings. The molecule has 44 heavy (non-hydrogen) atoms. The quantitative estimate of drug-likeness (QED) is 0.211. The first-order valence-electron chi connectivity index (χ1n) is 13.8. The van der Waals surface area contributed by atoms with Crippen LogP contribution >= 0.6 is 0 Å². The molecule has 226 valence electrons. The highest BCUT2D eigenvalue weighted by atomic mass is 19.1. The van der Waals surface area contributed by atoms with E-state index in [9.17, 15) is 14.0 Å². The predicted molar refractivity (Wildman–Crippen MR) is 166 cm³/mol.